The van der Waals surface area contributed by atoms with Crippen molar-refractivity contribution in [2.75, 3.05) is 21.3 Å². The van der Waals surface area contributed by atoms with Crippen molar-refractivity contribution in [2.45, 2.75) is 64.0 Å². The minimum absolute atomic E-state index is 0.0523. The van der Waals surface area contributed by atoms with Crippen LogP contribution in [0.5, 0.6) is 0 Å². The molecule has 0 saturated carbocycles. The van der Waals surface area contributed by atoms with Gasteiger partial charge in [0, 0.05) is 33.4 Å². The van der Waals surface area contributed by atoms with Crippen molar-refractivity contribution in [3.63, 3.8) is 0 Å². The first-order valence-corrected chi connectivity index (χ1v) is 9.68. The van der Waals surface area contributed by atoms with Crippen LogP contribution < -0.4 is 11.1 Å². The van der Waals surface area contributed by atoms with Crippen LogP contribution in [0.25, 0.3) is 0 Å². The van der Waals surface area contributed by atoms with Crippen molar-refractivity contribution in [1.29, 1.82) is 0 Å². The third-order valence-corrected chi connectivity index (χ3v) is 6.50. The van der Waals surface area contributed by atoms with Crippen molar-refractivity contribution in [1.82, 2.24) is 5.32 Å². The number of urea groups is 1. The zero-order valence-corrected chi connectivity index (χ0v) is 14.9. The summed E-state index contributed by atoms with van der Waals surface area (Å²) in [5.74, 6) is 0. The molecule has 1 unspecified atom stereocenters. The average molecular weight is 321 g/mol. The van der Waals surface area contributed by atoms with E-state index < -0.39 is 14.8 Å². The Morgan fingerprint density at radius 1 is 1.05 bits per heavy atom. The summed E-state index contributed by atoms with van der Waals surface area (Å²) in [4.78, 5) is 11.1. The molecule has 0 heterocycles. The van der Waals surface area contributed by atoms with Crippen LogP contribution >= 0.6 is 0 Å². The van der Waals surface area contributed by atoms with Crippen LogP contribution in [0.3, 0.4) is 0 Å². The summed E-state index contributed by atoms with van der Waals surface area (Å²) >= 11 is 0. The molecule has 0 aromatic carbocycles. The monoisotopic (exact) mass is 320 g/mol. The van der Waals surface area contributed by atoms with E-state index in [1.165, 1.54) is 25.7 Å². The van der Waals surface area contributed by atoms with E-state index >= 15 is 0 Å². The number of nitrogens with two attached hydrogens (primary N) is 1. The molecule has 0 aromatic heterocycles. The minimum Gasteiger partial charge on any atom is -0.377 e. The number of rotatable bonds is 13. The number of carbonyl (C=O) groups excluding carboxylic acids is 1. The Labute approximate surface area is 130 Å². The van der Waals surface area contributed by atoms with Gasteiger partial charge in [-0.2, -0.15) is 0 Å². The van der Waals surface area contributed by atoms with E-state index in [9.17, 15) is 4.79 Å². The van der Waals surface area contributed by atoms with Crippen LogP contribution in [0.1, 0.15) is 51.9 Å². The molecule has 0 aliphatic rings. The number of hydrogen-bond donors (Lipinski definition) is 2. The van der Waals surface area contributed by atoms with E-state index in [1.807, 2.05) is 0 Å². The van der Waals surface area contributed by atoms with Gasteiger partial charge in [0.15, 0.2) is 0 Å². The molecule has 0 aromatic rings. The predicted octanol–water partition coefficient (Wildman–Crippen LogP) is 2.65. The summed E-state index contributed by atoms with van der Waals surface area (Å²) in [6.07, 6.45) is 7.69. The number of amides is 2. The Hall–Kier alpha value is -0.633. The smallest absolute Gasteiger partial charge is 0.377 e. The number of unbranched alkanes of at least 4 members (excludes halogenated alkanes) is 4. The minimum atomic E-state index is -2.58. The zero-order chi connectivity index (χ0) is 16.1. The third-order valence-electron chi connectivity index (χ3n) is 3.73. The van der Waals surface area contributed by atoms with Crippen LogP contribution in [-0.2, 0) is 13.3 Å². The highest BCUT2D eigenvalue weighted by atomic mass is 28.4. The first-order chi connectivity index (χ1) is 10.0. The van der Waals surface area contributed by atoms with Gasteiger partial charge in [0.05, 0.1) is 0 Å². The van der Waals surface area contributed by atoms with Crippen LogP contribution in [-0.4, -0.2) is 42.2 Å². The molecule has 0 spiro atoms. The van der Waals surface area contributed by atoms with Gasteiger partial charge in [-0.1, -0.05) is 39.0 Å². The summed E-state index contributed by atoms with van der Waals surface area (Å²) in [7, 11) is 2.21. The second-order valence-electron chi connectivity index (χ2n) is 5.24. The summed E-state index contributed by atoms with van der Waals surface area (Å²) < 4.78 is 16.2. The lowest BCUT2D eigenvalue weighted by Gasteiger charge is -2.26. The standard InChI is InChI=1S/C14H32N2O4Si/c1-5-6-7-8-9-10-13(16-14(15)17)11-12-21(18-2,19-3)20-4/h13H,5-12H2,1-4H3,(H3,15,16,17). The Bertz CT molecular complexity index is 267. The largest absolute Gasteiger partial charge is 0.500 e. The van der Waals surface area contributed by atoms with E-state index in [2.05, 4.69) is 12.2 Å². The fourth-order valence-corrected chi connectivity index (χ4v) is 4.21. The van der Waals surface area contributed by atoms with Crippen LogP contribution in [0.4, 0.5) is 4.79 Å². The average Bonchev–Trinajstić information content (AvgIpc) is 2.48. The lowest BCUT2D eigenvalue weighted by Crippen LogP contribution is -2.45. The molecule has 0 radical (unpaired) electrons. The molecule has 0 saturated heterocycles. The summed E-state index contributed by atoms with van der Waals surface area (Å²) in [5.41, 5.74) is 5.25. The third kappa shape index (κ3) is 9.08. The maximum absolute atomic E-state index is 11.1. The number of primary amides is 1. The molecule has 1 atom stereocenters. The van der Waals surface area contributed by atoms with Crippen molar-refractivity contribution >= 4 is 14.8 Å². The van der Waals surface area contributed by atoms with E-state index in [1.54, 1.807) is 21.3 Å². The first-order valence-electron chi connectivity index (χ1n) is 7.75. The molecule has 2 amide bonds. The fraction of sp³-hybridized carbons (Fsp3) is 0.929. The van der Waals surface area contributed by atoms with Crippen LogP contribution in [0.2, 0.25) is 6.04 Å². The molecular weight excluding hydrogens is 288 g/mol. The maximum atomic E-state index is 11.1. The Morgan fingerprint density at radius 2 is 1.62 bits per heavy atom. The molecule has 0 bridgehead atoms. The molecule has 0 rings (SSSR count). The van der Waals surface area contributed by atoms with E-state index in [4.69, 9.17) is 19.0 Å². The van der Waals surface area contributed by atoms with Gasteiger partial charge in [0.25, 0.3) is 0 Å². The highest BCUT2D eigenvalue weighted by molar-refractivity contribution is 6.60. The summed E-state index contributed by atoms with van der Waals surface area (Å²) in [6.45, 7) is 2.20. The number of hydrogen-bond acceptors (Lipinski definition) is 4. The van der Waals surface area contributed by atoms with Gasteiger partial charge in [0.2, 0.25) is 0 Å². The second kappa shape index (κ2) is 12.0. The van der Waals surface area contributed by atoms with Gasteiger partial charge >= 0.3 is 14.8 Å². The normalized spacial score (nSPS) is 13.1. The van der Waals surface area contributed by atoms with Gasteiger partial charge in [-0.3, -0.25) is 0 Å². The van der Waals surface area contributed by atoms with Crippen molar-refractivity contribution in [3.05, 3.63) is 0 Å². The summed E-state index contributed by atoms with van der Waals surface area (Å²) in [5, 5.41) is 2.81. The molecule has 0 fully saturated rings. The highest BCUT2D eigenvalue weighted by Gasteiger charge is 2.38. The van der Waals surface area contributed by atoms with E-state index in [0.29, 0.717) is 6.04 Å². The summed E-state index contributed by atoms with van der Waals surface area (Å²) in [6, 6.07) is 0.237. The molecular formula is C14H32N2O4Si. The maximum Gasteiger partial charge on any atom is 0.500 e. The molecule has 21 heavy (non-hydrogen) atoms. The van der Waals surface area contributed by atoms with Gasteiger partial charge in [-0.05, 0) is 12.8 Å². The van der Waals surface area contributed by atoms with Gasteiger partial charge in [0.1, 0.15) is 0 Å². The van der Waals surface area contributed by atoms with Crippen molar-refractivity contribution in [3.8, 4) is 0 Å². The fourth-order valence-electron chi connectivity index (χ4n) is 2.39. The van der Waals surface area contributed by atoms with E-state index in [-0.39, 0.29) is 6.04 Å². The van der Waals surface area contributed by atoms with Crippen molar-refractivity contribution < 1.29 is 18.1 Å². The quantitative estimate of drug-likeness (QED) is 0.404. The SMILES string of the molecule is CCCCCCCC(CC[Si](OC)(OC)OC)NC(N)=O. The molecule has 0 aliphatic carbocycles. The lowest BCUT2D eigenvalue weighted by atomic mass is 10.0. The topological polar surface area (TPSA) is 82.8 Å². The Morgan fingerprint density at radius 3 is 2.10 bits per heavy atom. The molecule has 3 N–H and O–H groups in total. The number of carbonyl (C=O) groups is 1. The molecule has 126 valence electrons. The molecule has 6 nitrogen and oxygen atoms in total. The predicted molar refractivity (Wildman–Crippen MR) is 86.1 cm³/mol. The van der Waals surface area contributed by atoms with E-state index in [0.717, 1.165) is 19.3 Å². The molecule has 0 aliphatic heterocycles. The Kier molecular flexibility index (Phi) is 11.6. The lowest BCUT2D eigenvalue weighted by molar-refractivity contribution is 0.121. The van der Waals surface area contributed by atoms with Gasteiger partial charge in [-0.25, -0.2) is 4.79 Å². The van der Waals surface area contributed by atoms with Gasteiger partial charge < -0.3 is 24.3 Å². The second-order valence-corrected chi connectivity index (χ2v) is 8.33. The zero-order valence-electron chi connectivity index (χ0n) is 13.9. The van der Waals surface area contributed by atoms with Crippen LogP contribution in [0, 0.1) is 0 Å². The Balaban J connectivity index is 4.25. The van der Waals surface area contributed by atoms with Gasteiger partial charge in [-0.15, -0.1) is 0 Å². The highest BCUT2D eigenvalue weighted by Crippen LogP contribution is 2.19. The van der Waals surface area contributed by atoms with Crippen LogP contribution in [0.15, 0.2) is 0 Å². The molecule has 7 heteroatoms. The number of nitrogens with one attached hydrogen (secondary N) is 1. The first kappa shape index (κ1) is 20.4. The van der Waals surface area contributed by atoms with Crippen molar-refractivity contribution in [2.24, 2.45) is 5.73 Å².